The quantitative estimate of drug-likeness (QED) is 0.794. The monoisotopic (exact) mass is 255 g/mol. The maximum Gasteiger partial charge on any atom is 0.0214 e. The molecular formula is C15H29NS. The summed E-state index contributed by atoms with van der Waals surface area (Å²) in [5.41, 5.74) is 0. The second-order valence-electron chi connectivity index (χ2n) is 5.84. The first kappa shape index (κ1) is 13.7. The van der Waals surface area contributed by atoms with Crippen LogP contribution in [0.25, 0.3) is 0 Å². The molecule has 2 heteroatoms. The average molecular weight is 255 g/mol. The highest BCUT2D eigenvalue weighted by Gasteiger charge is 2.34. The molecule has 0 aromatic carbocycles. The Bertz CT molecular complexity index is 213. The van der Waals surface area contributed by atoms with Gasteiger partial charge in [-0.1, -0.05) is 33.1 Å². The highest BCUT2D eigenvalue weighted by Crippen LogP contribution is 2.39. The first-order valence-corrected chi connectivity index (χ1v) is 8.75. The van der Waals surface area contributed by atoms with Gasteiger partial charge in [-0.15, -0.1) is 0 Å². The lowest BCUT2D eigenvalue weighted by molar-refractivity contribution is 0.206. The molecule has 2 rings (SSSR count). The van der Waals surface area contributed by atoms with Gasteiger partial charge in [0.15, 0.2) is 0 Å². The van der Waals surface area contributed by atoms with E-state index in [2.05, 4.69) is 30.9 Å². The van der Waals surface area contributed by atoms with E-state index in [0.29, 0.717) is 0 Å². The third-order valence-corrected chi connectivity index (χ3v) is 6.20. The van der Waals surface area contributed by atoms with E-state index in [9.17, 15) is 0 Å². The van der Waals surface area contributed by atoms with Crippen LogP contribution >= 0.6 is 11.8 Å². The van der Waals surface area contributed by atoms with E-state index >= 15 is 0 Å². The van der Waals surface area contributed by atoms with Crippen molar-refractivity contribution in [3.63, 3.8) is 0 Å². The maximum atomic E-state index is 3.82. The Kier molecular flexibility index (Phi) is 5.68. The van der Waals surface area contributed by atoms with Crippen LogP contribution < -0.4 is 5.32 Å². The van der Waals surface area contributed by atoms with Crippen molar-refractivity contribution in [3.05, 3.63) is 0 Å². The molecule has 1 aliphatic heterocycles. The van der Waals surface area contributed by atoms with Gasteiger partial charge in [0.2, 0.25) is 0 Å². The summed E-state index contributed by atoms with van der Waals surface area (Å²) in [5, 5.41) is 4.73. The van der Waals surface area contributed by atoms with Gasteiger partial charge in [0.05, 0.1) is 0 Å². The minimum Gasteiger partial charge on any atom is -0.313 e. The minimum atomic E-state index is 0.807. The van der Waals surface area contributed by atoms with Crippen LogP contribution in [0.2, 0.25) is 0 Å². The van der Waals surface area contributed by atoms with E-state index in [1.165, 1.54) is 50.7 Å². The Morgan fingerprint density at radius 1 is 1.18 bits per heavy atom. The fraction of sp³-hybridized carbons (Fsp3) is 1.00. The van der Waals surface area contributed by atoms with Crippen LogP contribution in [-0.2, 0) is 0 Å². The van der Waals surface area contributed by atoms with Crippen LogP contribution in [0.1, 0.15) is 58.8 Å². The number of hydrogen-bond acceptors (Lipinski definition) is 2. The molecular weight excluding hydrogens is 226 g/mol. The Hall–Kier alpha value is 0.310. The van der Waals surface area contributed by atoms with Gasteiger partial charge in [0.25, 0.3) is 0 Å². The van der Waals surface area contributed by atoms with Crippen molar-refractivity contribution in [2.45, 2.75) is 70.1 Å². The van der Waals surface area contributed by atoms with Crippen molar-refractivity contribution in [3.8, 4) is 0 Å². The van der Waals surface area contributed by atoms with Crippen molar-refractivity contribution in [2.24, 2.45) is 11.8 Å². The van der Waals surface area contributed by atoms with Gasteiger partial charge >= 0.3 is 0 Å². The van der Waals surface area contributed by atoms with E-state index in [1.807, 2.05) is 0 Å². The first-order valence-electron chi connectivity index (χ1n) is 7.70. The fourth-order valence-corrected chi connectivity index (χ4v) is 5.25. The standard InChI is InChI=1S/C15H29NS/c1-3-12-7-5-8-13(11-12)15(16-4-2)14-9-6-10-17-14/h12-16H,3-11H2,1-2H3. The summed E-state index contributed by atoms with van der Waals surface area (Å²) in [7, 11) is 0. The molecule has 0 radical (unpaired) electrons. The fourth-order valence-electron chi connectivity index (χ4n) is 3.75. The van der Waals surface area contributed by atoms with E-state index in [1.54, 1.807) is 0 Å². The van der Waals surface area contributed by atoms with E-state index < -0.39 is 0 Å². The second kappa shape index (κ2) is 7.04. The van der Waals surface area contributed by atoms with Crippen molar-refractivity contribution in [2.75, 3.05) is 12.3 Å². The Balaban J connectivity index is 1.93. The van der Waals surface area contributed by atoms with Crippen LogP contribution in [-0.4, -0.2) is 23.6 Å². The summed E-state index contributed by atoms with van der Waals surface area (Å²) < 4.78 is 0. The third kappa shape index (κ3) is 3.64. The van der Waals surface area contributed by atoms with Crippen LogP contribution in [0.4, 0.5) is 0 Å². The molecule has 0 spiro atoms. The molecule has 2 aliphatic rings. The molecule has 1 saturated heterocycles. The third-order valence-electron chi connectivity index (χ3n) is 4.71. The summed E-state index contributed by atoms with van der Waals surface area (Å²) in [6.45, 7) is 5.79. The van der Waals surface area contributed by atoms with Crippen molar-refractivity contribution >= 4 is 11.8 Å². The van der Waals surface area contributed by atoms with Crippen LogP contribution in [0.5, 0.6) is 0 Å². The number of nitrogens with one attached hydrogen (secondary N) is 1. The van der Waals surface area contributed by atoms with Gasteiger partial charge in [-0.25, -0.2) is 0 Å². The van der Waals surface area contributed by atoms with Gasteiger partial charge in [0.1, 0.15) is 0 Å². The van der Waals surface area contributed by atoms with E-state index in [0.717, 1.165) is 29.7 Å². The zero-order valence-corrected chi connectivity index (χ0v) is 12.4. The van der Waals surface area contributed by atoms with Crippen LogP contribution in [0.15, 0.2) is 0 Å². The Morgan fingerprint density at radius 3 is 2.71 bits per heavy atom. The molecule has 0 aromatic heterocycles. The lowest BCUT2D eigenvalue weighted by atomic mass is 9.75. The molecule has 100 valence electrons. The zero-order chi connectivity index (χ0) is 12.1. The lowest BCUT2D eigenvalue weighted by Gasteiger charge is -2.37. The van der Waals surface area contributed by atoms with Gasteiger partial charge in [0, 0.05) is 11.3 Å². The molecule has 4 unspecified atom stereocenters. The van der Waals surface area contributed by atoms with Crippen LogP contribution in [0.3, 0.4) is 0 Å². The van der Waals surface area contributed by atoms with E-state index in [-0.39, 0.29) is 0 Å². The number of thioether (sulfide) groups is 1. The predicted octanol–water partition coefficient (Wildman–Crippen LogP) is 4.08. The summed E-state index contributed by atoms with van der Waals surface area (Å²) in [4.78, 5) is 0. The second-order valence-corrected chi connectivity index (χ2v) is 7.18. The first-order chi connectivity index (χ1) is 8.35. The molecule has 2 fully saturated rings. The van der Waals surface area contributed by atoms with Gasteiger partial charge in [-0.3, -0.25) is 0 Å². The average Bonchev–Trinajstić information content (AvgIpc) is 2.89. The van der Waals surface area contributed by atoms with Crippen molar-refractivity contribution < 1.29 is 0 Å². The molecule has 1 N–H and O–H groups in total. The predicted molar refractivity (Wildman–Crippen MR) is 78.7 cm³/mol. The summed E-state index contributed by atoms with van der Waals surface area (Å²) in [6, 6.07) is 0.807. The summed E-state index contributed by atoms with van der Waals surface area (Å²) in [5.74, 6) is 3.38. The normalized spacial score (nSPS) is 36.0. The number of rotatable bonds is 5. The topological polar surface area (TPSA) is 12.0 Å². The molecule has 1 aliphatic carbocycles. The van der Waals surface area contributed by atoms with E-state index in [4.69, 9.17) is 0 Å². The molecule has 4 atom stereocenters. The highest BCUT2D eigenvalue weighted by molar-refractivity contribution is 8.00. The minimum absolute atomic E-state index is 0.807. The zero-order valence-electron chi connectivity index (χ0n) is 11.6. The van der Waals surface area contributed by atoms with Crippen molar-refractivity contribution in [1.82, 2.24) is 5.32 Å². The Labute approximate surface area is 112 Å². The highest BCUT2D eigenvalue weighted by atomic mass is 32.2. The lowest BCUT2D eigenvalue weighted by Crippen LogP contribution is -2.44. The molecule has 0 bridgehead atoms. The van der Waals surface area contributed by atoms with Gasteiger partial charge in [-0.05, 0) is 49.8 Å². The maximum absolute atomic E-state index is 3.82. The largest absolute Gasteiger partial charge is 0.313 e. The molecule has 1 heterocycles. The molecule has 1 nitrogen and oxygen atoms in total. The van der Waals surface area contributed by atoms with Gasteiger partial charge < -0.3 is 5.32 Å². The molecule has 0 amide bonds. The Morgan fingerprint density at radius 2 is 2.06 bits per heavy atom. The number of hydrogen-bond donors (Lipinski definition) is 1. The summed E-state index contributed by atoms with van der Waals surface area (Å²) >= 11 is 2.23. The molecule has 1 saturated carbocycles. The SMILES string of the molecule is CCNC(C1CCCC(CC)C1)C1CCCS1. The smallest absolute Gasteiger partial charge is 0.0214 e. The van der Waals surface area contributed by atoms with Crippen LogP contribution in [0, 0.1) is 11.8 Å². The van der Waals surface area contributed by atoms with Gasteiger partial charge in [-0.2, -0.15) is 11.8 Å². The molecule has 0 aromatic rings. The summed E-state index contributed by atoms with van der Waals surface area (Å²) in [6.07, 6.45) is 10.2. The van der Waals surface area contributed by atoms with Crippen molar-refractivity contribution in [1.29, 1.82) is 0 Å². The molecule has 17 heavy (non-hydrogen) atoms.